The highest BCUT2D eigenvalue weighted by Gasteiger charge is 2.31. The van der Waals surface area contributed by atoms with E-state index in [1.165, 1.54) is 6.08 Å². The maximum absolute atomic E-state index is 12.1. The summed E-state index contributed by atoms with van der Waals surface area (Å²) in [5.74, 6) is 0.401. The number of halogens is 1. The van der Waals surface area contributed by atoms with E-state index in [9.17, 15) is 9.59 Å². The molecule has 0 N–H and O–H groups in total. The van der Waals surface area contributed by atoms with Gasteiger partial charge in [0.2, 0.25) is 0 Å². The van der Waals surface area contributed by atoms with Crippen LogP contribution in [0.3, 0.4) is 0 Å². The molecule has 0 saturated carbocycles. The van der Waals surface area contributed by atoms with Crippen LogP contribution in [0.2, 0.25) is 0 Å². The van der Waals surface area contributed by atoms with Gasteiger partial charge in [0.1, 0.15) is 11.5 Å². The van der Waals surface area contributed by atoms with Crippen molar-refractivity contribution in [1.29, 1.82) is 0 Å². The highest BCUT2D eigenvalue weighted by molar-refractivity contribution is 9.10. The third-order valence-corrected chi connectivity index (χ3v) is 4.16. The van der Waals surface area contributed by atoms with Gasteiger partial charge in [-0.05, 0) is 47.0 Å². The van der Waals surface area contributed by atoms with E-state index in [0.29, 0.717) is 6.42 Å². The minimum absolute atomic E-state index is 0.128. The Morgan fingerprint density at radius 1 is 1.43 bits per heavy atom. The van der Waals surface area contributed by atoms with Crippen LogP contribution >= 0.6 is 15.9 Å². The monoisotopic (exact) mass is 378 g/mol. The largest absolute Gasteiger partial charge is 0.490 e. The van der Waals surface area contributed by atoms with E-state index in [1.807, 2.05) is 25.1 Å². The number of hydrogen-bond donors (Lipinski definition) is 0. The molecule has 1 heterocycles. The standard InChI is InChI=1S/C17H19BrN2O3/c1-4-8-20-16(21)14(19-17(20)22)10-12-6-7-15(13(18)9-12)23-11(3)5-2/h4,6-7,9,11H,1,5,8,10H2,2-3H3. The van der Waals surface area contributed by atoms with Gasteiger partial charge in [0, 0.05) is 13.0 Å². The second kappa shape index (κ2) is 7.55. The van der Waals surface area contributed by atoms with Crippen molar-refractivity contribution in [2.24, 2.45) is 4.99 Å². The van der Waals surface area contributed by atoms with Crippen LogP contribution < -0.4 is 4.74 Å². The molecular formula is C17H19BrN2O3. The number of ether oxygens (including phenoxy) is 1. The Morgan fingerprint density at radius 3 is 2.78 bits per heavy atom. The molecule has 0 saturated heterocycles. The fraction of sp³-hybridized carbons (Fsp3) is 0.353. The molecule has 1 aliphatic rings. The lowest BCUT2D eigenvalue weighted by Gasteiger charge is -2.14. The molecule has 1 aliphatic heterocycles. The van der Waals surface area contributed by atoms with Crippen molar-refractivity contribution >= 4 is 33.6 Å². The molecule has 122 valence electrons. The van der Waals surface area contributed by atoms with Gasteiger partial charge in [-0.2, -0.15) is 4.99 Å². The van der Waals surface area contributed by atoms with E-state index in [-0.39, 0.29) is 24.3 Å². The third-order valence-electron chi connectivity index (χ3n) is 3.54. The molecule has 3 amide bonds. The Morgan fingerprint density at radius 2 is 2.17 bits per heavy atom. The van der Waals surface area contributed by atoms with Gasteiger partial charge in [0.15, 0.2) is 0 Å². The van der Waals surface area contributed by atoms with Crippen molar-refractivity contribution in [1.82, 2.24) is 4.90 Å². The minimum atomic E-state index is -0.527. The van der Waals surface area contributed by atoms with Crippen LogP contribution in [-0.2, 0) is 11.2 Å². The lowest BCUT2D eigenvalue weighted by atomic mass is 10.1. The minimum Gasteiger partial charge on any atom is -0.490 e. The zero-order valence-corrected chi connectivity index (χ0v) is 14.8. The maximum Gasteiger partial charge on any atom is 0.351 e. The van der Waals surface area contributed by atoms with Gasteiger partial charge >= 0.3 is 6.03 Å². The summed E-state index contributed by atoms with van der Waals surface area (Å²) in [5, 5.41) is 0. The molecule has 0 aromatic heterocycles. The molecule has 23 heavy (non-hydrogen) atoms. The number of amides is 3. The second-order valence-electron chi connectivity index (χ2n) is 5.32. The summed E-state index contributed by atoms with van der Waals surface area (Å²) < 4.78 is 6.60. The molecule has 1 unspecified atom stereocenters. The third kappa shape index (κ3) is 4.07. The number of urea groups is 1. The number of hydrogen-bond acceptors (Lipinski definition) is 3. The number of imide groups is 1. The molecule has 0 spiro atoms. The summed E-state index contributed by atoms with van der Waals surface area (Å²) in [7, 11) is 0. The Labute approximate surface area is 144 Å². The first-order valence-electron chi connectivity index (χ1n) is 7.45. The van der Waals surface area contributed by atoms with Gasteiger partial charge in [-0.3, -0.25) is 9.69 Å². The first-order valence-corrected chi connectivity index (χ1v) is 8.25. The first-order chi connectivity index (χ1) is 11.0. The molecule has 0 fully saturated rings. The number of aliphatic imine (C=N–C) groups is 1. The van der Waals surface area contributed by atoms with Crippen molar-refractivity contribution in [3.05, 3.63) is 40.9 Å². The molecule has 0 bridgehead atoms. The first kappa shape index (κ1) is 17.4. The number of rotatable bonds is 7. The Kier molecular flexibility index (Phi) is 5.71. The van der Waals surface area contributed by atoms with Crippen molar-refractivity contribution in [2.45, 2.75) is 32.8 Å². The van der Waals surface area contributed by atoms with E-state index in [1.54, 1.807) is 0 Å². The Bertz CT molecular complexity index is 670. The van der Waals surface area contributed by atoms with Gasteiger partial charge in [-0.25, -0.2) is 4.79 Å². The van der Waals surface area contributed by atoms with Gasteiger partial charge in [0.25, 0.3) is 5.91 Å². The second-order valence-corrected chi connectivity index (χ2v) is 6.18. The summed E-state index contributed by atoms with van der Waals surface area (Å²) in [5.41, 5.74) is 1.13. The van der Waals surface area contributed by atoms with Gasteiger partial charge in [0.05, 0.1) is 10.6 Å². The van der Waals surface area contributed by atoms with Gasteiger partial charge in [-0.15, -0.1) is 6.58 Å². The van der Waals surface area contributed by atoms with E-state index in [0.717, 1.165) is 27.1 Å². The lowest BCUT2D eigenvalue weighted by molar-refractivity contribution is -0.120. The van der Waals surface area contributed by atoms with Crippen molar-refractivity contribution in [3.8, 4) is 5.75 Å². The van der Waals surface area contributed by atoms with Gasteiger partial charge < -0.3 is 4.74 Å². The van der Waals surface area contributed by atoms with Crippen molar-refractivity contribution in [2.75, 3.05) is 6.54 Å². The number of nitrogens with zero attached hydrogens (tertiary/aromatic N) is 2. The number of carbonyl (C=O) groups is 2. The van der Waals surface area contributed by atoms with E-state index < -0.39 is 6.03 Å². The molecule has 5 nitrogen and oxygen atoms in total. The SMILES string of the molecule is C=CCN1C(=O)N=C(Cc2ccc(OC(C)CC)c(Br)c2)C1=O. The quantitative estimate of drug-likeness (QED) is 0.678. The molecule has 1 aromatic carbocycles. The van der Waals surface area contributed by atoms with Crippen LogP contribution in [-0.4, -0.2) is 35.2 Å². The Balaban J connectivity index is 2.11. The zero-order chi connectivity index (χ0) is 17.0. The smallest absolute Gasteiger partial charge is 0.351 e. The Hall–Kier alpha value is -1.95. The molecular weight excluding hydrogens is 360 g/mol. The summed E-state index contributed by atoms with van der Waals surface area (Å²) in [4.78, 5) is 28.7. The molecule has 0 radical (unpaired) electrons. The summed E-state index contributed by atoms with van der Waals surface area (Å²) in [6, 6.07) is 5.09. The lowest BCUT2D eigenvalue weighted by Crippen LogP contribution is -2.33. The predicted molar refractivity (Wildman–Crippen MR) is 93.0 cm³/mol. The molecule has 0 aliphatic carbocycles. The normalized spacial score (nSPS) is 15.6. The average Bonchev–Trinajstić information content (AvgIpc) is 2.78. The van der Waals surface area contributed by atoms with E-state index >= 15 is 0 Å². The topological polar surface area (TPSA) is 59.0 Å². The van der Waals surface area contributed by atoms with Crippen LogP contribution in [0.4, 0.5) is 4.79 Å². The van der Waals surface area contributed by atoms with Crippen LogP contribution in [0.15, 0.2) is 40.3 Å². The molecule has 2 rings (SSSR count). The van der Waals surface area contributed by atoms with E-state index in [4.69, 9.17) is 4.74 Å². The van der Waals surface area contributed by atoms with Crippen LogP contribution in [0.5, 0.6) is 5.75 Å². The summed E-state index contributed by atoms with van der Waals surface area (Å²) >= 11 is 3.48. The fourth-order valence-corrected chi connectivity index (χ4v) is 2.63. The number of carbonyl (C=O) groups excluding carboxylic acids is 2. The predicted octanol–water partition coefficient (Wildman–Crippen LogP) is 3.76. The number of benzene rings is 1. The maximum atomic E-state index is 12.1. The van der Waals surface area contributed by atoms with Crippen molar-refractivity contribution < 1.29 is 14.3 Å². The highest BCUT2D eigenvalue weighted by atomic mass is 79.9. The van der Waals surface area contributed by atoms with Crippen LogP contribution in [0, 0.1) is 0 Å². The van der Waals surface area contributed by atoms with Crippen LogP contribution in [0.25, 0.3) is 0 Å². The average molecular weight is 379 g/mol. The summed E-state index contributed by atoms with van der Waals surface area (Å²) in [6.45, 7) is 7.78. The van der Waals surface area contributed by atoms with Gasteiger partial charge in [-0.1, -0.05) is 19.1 Å². The zero-order valence-electron chi connectivity index (χ0n) is 13.2. The highest BCUT2D eigenvalue weighted by Crippen LogP contribution is 2.28. The molecule has 6 heteroatoms. The fourth-order valence-electron chi connectivity index (χ4n) is 2.11. The van der Waals surface area contributed by atoms with E-state index in [2.05, 4.69) is 34.4 Å². The van der Waals surface area contributed by atoms with Crippen LogP contribution in [0.1, 0.15) is 25.8 Å². The van der Waals surface area contributed by atoms with Crippen molar-refractivity contribution in [3.63, 3.8) is 0 Å². The summed E-state index contributed by atoms with van der Waals surface area (Å²) in [6.07, 6.45) is 2.86. The molecule has 1 aromatic rings. The molecule has 1 atom stereocenters.